The SMILES string of the molecule is CC(CNCc1ccc(O)cc1)CN1CCCCC1. The summed E-state index contributed by atoms with van der Waals surface area (Å²) < 4.78 is 0. The third-order valence-corrected chi connectivity index (χ3v) is 3.78. The number of rotatable bonds is 6. The van der Waals surface area contributed by atoms with Crippen LogP contribution >= 0.6 is 0 Å². The highest BCUT2D eigenvalue weighted by Gasteiger charge is 2.12. The van der Waals surface area contributed by atoms with E-state index < -0.39 is 0 Å². The fourth-order valence-corrected chi connectivity index (χ4v) is 2.72. The van der Waals surface area contributed by atoms with Crippen LogP contribution < -0.4 is 5.32 Å². The van der Waals surface area contributed by atoms with Gasteiger partial charge in [0.2, 0.25) is 0 Å². The molecule has 0 radical (unpaired) electrons. The van der Waals surface area contributed by atoms with Crippen molar-refractivity contribution in [1.29, 1.82) is 0 Å². The number of phenolic OH excluding ortho intramolecular Hbond substituents is 1. The van der Waals surface area contributed by atoms with Gasteiger partial charge in [-0.2, -0.15) is 0 Å². The Labute approximate surface area is 116 Å². The maximum absolute atomic E-state index is 9.23. The number of aromatic hydroxyl groups is 1. The fourth-order valence-electron chi connectivity index (χ4n) is 2.72. The van der Waals surface area contributed by atoms with Crippen molar-refractivity contribution in [3.05, 3.63) is 29.8 Å². The molecule has 1 heterocycles. The Balaban J connectivity index is 1.63. The van der Waals surface area contributed by atoms with Gasteiger partial charge in [-0.05, 0) is 56.1 Å². The van der Waals surface area contributed by atoms with Gasteiger partial charge in [-0.1, -0.05) is 25.5 Å². The molecule has 1 aromatic carbocycles. The Morgan fingerprint density at radius 2 is 1.84 bits per heavy atom. The highest BCUT2D eigenvalue weighted by molar-refractivity contribution is 5.25. The maximum Gasteiger partial charge on any atom is 0.115 e. The number of piperidine rings is 1. The van der Waals surface area contributed by atoms with Crippen molar-refractivity contribution in [2.75, 3.05) is 26.2 Å². The lowest BCUT2D eigenvalue weighted by Gasteiger charge is -2.29. The molecule has 0 saturated carbocycles. The van der Waals surface area contributed by atoms with E-state index in [2.05, 4.69) is 17.1 Å². The van der Waals surface area contributed by atoms with E-state index >= 15 is 0 Å². The van der Waals surface area contributed by atoms with E-state index in [9.17, 15) is 5.11 Å². The number of hydrogen-bond donors (Lipinski definition) is 2. The zero-order chi connectivity index (χ0) is 13.5. The molecule has 1 aliphatic heterocycles. The minimum Gasteiger partial charge on any atom is -0.508 e. The smallest absolute Gasteiger partial charge is 0.115 e. The largest absolute Gasteiger partial charge is 0.508 e. The lowest BCUT2D eigenvalue weighted by Crippen LogP contribution is -2.36. The topological polar surface area (TPSA) is 35.5 Å². The number of nitrogens with zero attached hydrogens (tertiary/aromatic N) is 1. The van der Waals surface area contributed by atoms with Gasteiger partial charge in [0, 0.05) is 13.1 Å². The number of nitrogens with one attached hydrogen (secondary N) is 1. The molecule has 0 amide bonds. The van der Waals surface area contributed by atoms with Crippen molar-refractivity contribution in [2.24, 2.45) is 5.92 Å². The molecule has 106 valence electrons. The normalized spacial score (nSPS) is 18.4. The Hall–Kier alpha value is -1.06. The van der Waals surface area contributed by atoms with Crippen LogP contribution in [0.25, 0.3) is 0 Å². The molecule has 1 atom stereocenters. The highest BCUT2D eigenvalue weighted by atomic mass is 16.3. The molecule has 2 rings (SSSR count). The molecule has 1 fully saturated rings. The van der Waals surface area contributed by atoms with Crippen LogP contribution in [0.15, 0.2) is 24.3 Å². The average molecular weight is 262 g/mol. The van der Waals surface area contributed by atoms with Crippen molar-refractivity contribution in [2.45, 2.75) is 32.7 Å². The first-order valence-electron chi connectivity index (χ1n) is 7.45. The number of benzene rings is 1. The van der Waals surface area contributed by atoms with E-state index in [0.717, 1.165) is 13.1 Å². The molecule has 1 aromatic rings. The summed E-state index contributed by atoms with van der Waals surface area (Å²) in [6.45, 7) is 8.02. The summed E-state index contributed by atoms with van der Waals surface area (Å²) in [5.41, 5.74) is 1.22. The van der Waals surface area contributed by atoms with Crippen LogP contribution in [0.4, 0.5) is 0 Å². The quantitative estimate of drug-likeness (QED) is 0.827. The molecule has 3 heteroatoms. The number of phenols is 1. The number of hydrogen-bond acceptors (Lipinski definition) is 3. The predicted octanol–water partition coefficient (Wildman–Crippen LogP) is 2.60. The highest BCUT2D eigenvalue weighted by Crippen LogP contribution is 2.11. The summed E-state index contributed by atoms with van der Waals surface area (Å²) in [6.07, 6.45) is 4.14. The summed E-state index contributed by atoms with van der Waals surface area (Å²) in [7, 11) is 0. The molecule has 0 spiro atoms. The van der Waals surface area contributed by atoms with Crippen LogP contribution in [-0.4, -0.2) is 36.2 Å². The van der Waals surface area contributed by atoms with Crippen LogP contribution in [0.1, 0.15) is 31.7 Å². The Kier molecular flexibility index (Phi) is 5.67. The van der Waals surface area contributed by atoms with Gasteiger partial charge in [-0.25, -0.2) is 0 Å². The van der Waals surface area contributed by atoms with Gasteiger partial charge in [0.15, 0.2) is 0 Å². The van der Waals surface area contributed by atoms with Crippen LogP contribution in [0.5, 0.6) is 5.75 Å². The second kappa shape index (κ2) is 7.51. The van der Waals surface area contributed by atoms with Gasteiger partial charge in [-0.15, -0.1) is 0 Å². The van der Waals surface area contributed by atoms with E-state index in [-0.39, 0.29) is 0 Å². The van der Waals surface area contributed by atoms with Crippen molar-refractivity contribution >= 4 is 0 Å². The first kappa shape index (κ1) is 14.4. The first-order chi connectivity index (χ1) is 9.24. The van der Waals surface area contributed by atoms with Crippen molar-refractivity contribution in [1.82, 2.24) is 10.2 Å². The fraction of sp³-hybridized carbons (Fsp3) is 0.625. The second-order valence-electron chi connectivity index (χ2n) is 5.76. The summed E-state index contributed by atoms with van der Waals surface area (Å²) in [6, 6.07) is 7.43. The monoisotopic (exact) mass is 262 g/mol. The number of likely N-dealkylation sites (tertiary alicyclic amines) is 1. The first-order valence-corrected chi connectivity index (χ1v) is 7.45. The lowest BCUT2D eigenvalue weighted by molar-refractivity contribution is 0.199. The summed E-state index contributed by atoms with van der Waals surface area (Å²) in [5.74, 6) is 1.03. The molecule has 1 saturated heterocycles. The second-order valence-corrected chi connectivity index (χ2v) is 5.76. The van der Waals surface area contributed by atoms with Gasteiger partial charge in [0.25, 0.3) is 0 Å². The zero-order valence-corrected chi connectivity index (χ0v) is 11.9. The van der Waals surface area contributed by atoms with Gasteiger partial charge in [-0.3, -0.25) is 0 Å². The van der Waals surface area contributed by atoms with E-state index in [1.165, 1.54) is 44.5 Å². The van der Waals surface area contributed by atoms with Crippen LogP contribution in [0.3, 0.4) is 0 Å². The molecule has 1 aliphatic rings. The van der Waals surface area contributed by atoms with Crippen molar-refractivity contribution < 1.29 is 5.11 Å². The van der Waals surface area contributed by atoms with Crippen molar-refractivity contribution in [3.8, 4) is 5.75 Å². The third-order valence-electron chi connectivity index (χ3n) is 3.78. The molecule has 0 aliphatic carbocycles. The van der Waals surface area contributed by atoms with Crippen LogP contribution in [0, 0.1) is 5.92 Å². The predicted molar refractivity (Wildman–Crippen MR) is 79.3 cm³/mol. The molecular weight excluding hydrogens is 236 g/mol. The maximum atomic E-state index is 9.23. The van der Waals surface area contributed by atoms with E-state index in [1.807, 2.05) is 12.1 Å². The van der Waals surface area contributed by atoms with Gasteiger partial charge in [0.05, 0.1) is 0 Å². The Morgan fingerprint density at radius 3 is 2.53 bits per heavy atom. The zero-order valence-electron chi connectivity index (χ0n) is 11.9. The Morgan fingerprint density at radius 1 is 1.16 bits per heavy atom. The van der Waals surface area contributed by atoms with E-state index in [4.69, 9.17) is 0 Å². The minimum atomic E-state index is 0.335. The molecule has 0 bridgehead atoms. The summed E-state index contributed by atoms with van der Waals surface area (Å²) in [5, 5.41) is 12.7. The molecular formula is C16H26N2O. The van der Waals surface area contributed by atoms with Crippen LogP contribution in [0.2, 0.25) is 0 Å². The van der Waals surface area contributed by atoms with E-state index in [0.29, 0.717) is 11.7 Å². The molecule has 1 unspecified atom stereocenters. The molecule has 19 heavy (non-hydrogen) atoms. The van der Waals surface area contributed by atoms with Crippen LogP contribution in [-0.2, 0) is 6.54 Å². The Bertz CT molecular complexity index is 358. The third kappa shape index (κ3) is 5.21. The van der Waals surface area contributed by atoms with Gasteiger partial charge < -0.3 is 15.3 Å². The van der Waals surface area contributed by atoms with Gasteiger partial charge >= 0.3 is 0 Å². The summed E-state index contributed by atoms with van der Waals surface area (Å²) >= 11 is 0. The van der Waals surface area contributed by atoms with Gasteiger partial charge in [0.1, 0.15) is 5.75 Å². The molecule has 3 nitrogen and oxygen atoms in total. The lowest BCUT2D eigenvalue weighted by atomic mass is 10.1. The van der Waals surface area contributed by atoms with E-state index in [1.54, 1.807) is 12.1 Å². The minimum absolute atomic E-state index is 0.335. The molecule has 0 aromatic heterocycles. The van der Waals surface area contributed by atoms with Crippen molar-refractivity contribution in [3.63, 3.8) is 0 Å². The average Bonchev–Trinajstić information content (AvgIpc) is 2.42. The summed E-state index contributed by atoms with van der Waals surface area (Å²) in [4.78, 5) is 2.59. The molecule has 2 N–H and O–H groups in total. The standard InChI is InChI=1S/C16H26N2O/c1-14(13-18-9-3-2-4-10-18)11-17-12-15-5-7-16(19)8-6-15/h5-8,14,17,19H,2-4,9-13H2,1H3.